The van der Waals surface area contributed by atoms with Gasteiger partial charge in [0.1, 0.15) is 5.01 Å². The van der Waals surface area contributed by atoms with Gasteiger partial charge < -0.3 is 9.47 Å². The van der Waals surface area contributed by atoms with E-state index in [0.29, 0.717) is 11.5 Å². The van der Waals surface area contributed by atoms with E-state index in [9.17, 15) is 0 Å². The van der Waals surface area contributed by atoms with Gasteiger partial charge in [-0.1, -0.05) is 35.6 Å². The molecule has 126 valence electrons. The number of fused-ring (bicyclic) bond motifs is 1. The van der Waals surface area contributed by atoms with Gasteiger partial charge >= 0.3 is 0 Å². The average Bonchev–Trinajstić information content (AvgIpc) is 3.22. The van der Waals surface area contributed by atoms with Crippen LogP contribution in [0.5, 0.6) is 11.5 Å². The van der Waals surface area contributed by atoms with E-state index in [-0.39, 0.29) is 0 Å². The molecule has 0 spiro atoms. The highest BCUT2D eigenvalue weighted by Crippen LogP contribution is 2.34. The lowest BCUT2D eigenvalue weighted by Gasteiger charge is -2.07. The van der Waals surface area contributed by atoms with Gasteiger partial charge in [0, 0.05) is 11.1 Å². The monoisotopic (exact) mass is 352 g/mol. The predicted octanol–water partition coefficient (Wildman–Crippen LogP) is 3.85. The fourth-order valence-electron chi connectivity index (χ4n) is 2.69. The molecule has 0 aliphatic rings. The van der Waals surface area contributed by atoms with Gasteiger partial charge in [-0.2, -0.15) is 9.61 Å². The van der Waals surface area contributed by atoms with Gasteiger partial charge in [-0.25, -0.2) is 0 Å². The number of aromatic nitrogens is 4. The number of nitrogens with zero attached hydrogens (tertiary/aromatic N) is 4. The smallest absolute Gasteiger partial charge is 0.235 e. The Hall–Kier alpha value is -2.93. The van der Waals surface area contributed by atoms with Crippen molar-refractivity contribution in [3.05, 3.63) is 48.0 Å². The quantitative estimate of drug-likeness (QED) is 0.558. The Balaban J connectivity index is 1.82. The molecular weight excluding hydrogens is 336 g/mol. The van der Waals surface area contributed by atoms with Crippen molar-refractivity contribution in [2.24, 2.45) is 0 Å². The van der Waals surface area contributed by atoms with Crippen LogP contribution in [0.25, 0.3) is 26.9 Å². The Kier molecular flexibility index (Phi) is 3.85. The number of aryl methyl sites for hydroxylation is 1. The van der Waals surface area contributed by atoms with Crippen molar-refractivity contribution < 1.29 is 9.47 Å². The molecule has 4 aromatic rings. The molecule has 6 nitrogen and oxygen atoms in total. The van der Waals surface area contributed by atoms with Crippen LogP contribution in [0.4, 0.5) is 0 Å². The minimum atomic E-state index is 0.671. The maximum atomic E-state index is 5.38. The standard InChI is InChI=1S/C18H16N4O2S/c1-11-6-4-5-7-13(11)16-19-20-18-22(16)21-17(25-18)12-8-9-14(23-2)15(10-12)24-3/h4-10H,1-3H3. The number of methoxy groups -OCH3 is 2. The van der Waals surface area contributed by atoms with Crippen molar-refractivity contribution >= 4 is 16.3 Å². The molecule has 0 bridgehead atoms. The van der Waals surface area contributed by atoms with Gasteiger partial charge in [-0.05, 0) is 30.7 Å². The summed E-state index contributed by atoms with van der Waals surface area (Å²) in [5, 5.41) is 14.1. The Morgan fingerprint density at radius 3 is 2.52 bits per heavy atom. The van der Waals surface area contributed by atoms with E-state index in [2.05, 4.69) is 23.2 Å². The highest BCUT2D eigenvalue weighted by Gasteiger charge is 2.16. The zero-order chi connectivity index (χ0) is 17.4. The Morgan fingerprint density at radius 1 is 0.960 bits per heavy atom. The molecule has 0 unspecified atom stereocenters. The number of rotatable bonds is 4. The molecule has 2 heterocycles. The summed E-state index contributed by atoms with van der Waals surface area (Å²) in [5.74, 6) is 2.11. The van der Waals surface area contributed by atoms with Gasteiger partial charge in [0.05, 0.1) is 14.2 Å². The first-order valence-corrected chi connectivity index (χ1v) is 8.53. The van der Waals surface area contributed by atoms with Gasteiger partial charge in [-0.3, -0.25) is 0 Å². The maximum Gasteiger partial charge on any atom is 0.235 e. The molecule has 2 aromatic carbocycles. The second-order valence-corrected chi connectivity index (χ2v) is 6.47. The van der Waals surface area contributed by atoms with Crippen LogP contribution in [0.2, 0.25) is 0 Å². The van der Waals surface area contributed by atoms with Crippen LogP contribution in [0.15, 0.2) is 42.5 Å². The SMILES string of the molecule is COc1ccc(-c2nn3c(-c4ccccc4C)nnc3s2)cc1OC. The van der Waals surface area contributed by atoms with Crippen molar-refractivity contribution in [3.63, 3.8) is 0 Å². The van der Waals surface area contributed by atoms with Gasteiger partial charge in [0.15, 0.2) is 17.3 Å². The third-order valence-electron chi connectivity index (χ3n) is 4.01. The molecule has 0 N–H and O–H groups in total. The number of benzene rings is 2. The van der Waals surface area contributed by atoms with Crippen molar-refractivity contribution in [1.82, 2.24) is 19.8 Å². The molecule has 0 fully saturated rings. The van der Waals surface area contributed by atoms with E-state index in [0.717, 1.165) is 32.5 Å². The zero-order valence-electron chi connectivity index (χ0n) is 14.1. The minimum absolute atomic E-state index is 0.671. The van der Waals surface area contributed by atoms with E-state index in [4.69, 9.17) is 14.6 Å². The zero-order valence-corrected chi connectivity index (χ0v) is 14.9. The summed E-state index contributed by atoms with van der Waals surface area (Å²) >= 11 is 1.49. The van der Waals surface area contributed by atoms with Gasteiger partial charge in [0.25, 0.3) is 0 Å². The summed E-state index contributed by atoms with van der Waals surface area (Å²) in [7, 11) is 3.24. The molecule has 4 rings (SSSR count). The van der Waals surface area contributed by atoms with Crippen LogP contribution in [-0.4, -0.2) is 34.0 Å². The van der Waals surface area contributed by atoms with Crippen molar-refractivity contribution in [2.45, 2.75) is 6.92 Å². The van der Waals surface area contributed by atoms with Crippen LogP contribution in [-0.2, 0) is 0 Å². The van der Waals surface area contributed by atoms with Crippen molar-refractivity contribution in [3.8, 4) is 33.5 Å². The molecule has 2 aromatic heterocycles. The summed E-state index contributed by atoms with van der Waals surface area (Å²) in [6, 6.07) is 13.8. The van der Waals surface area contributed by atoms with Crippen molar-refractivity contribution in [1.29, 1.82) is 0 Å². The summed E-state index contributed by atoms with van der Waals surface area (Å²) in [5.41, 5.74) is 3.11. The molecule has 7 heteroatoms. The van der Waals surface area contributed by atoms with Crippen LogP contribution >= 0.6 is 11.3 Å². The van der Waals surface area contributed by atoms with Crippen LogP contribution in [0.3, 0.4) is 0 Å². The highest BCUT2D eigenvalue weighted by atomic mass is 32.1. The summed E-state index contributed by atoms with van der Waals surface area (Å²) < 4.78 is 12.5. The molecule has 0 aliphatic carbocycles. The Morgan fingerprint density at radius 2 is 1.76 bits per heavy atom. The molecular formula is C18H16N4O2S. The number of hydrogen-bond donors (Lipinski definition) is 0. The molecule has 0 amide bonds. The fourth-order valence-corrected chi connectivity index (χ4v) is 3.53. The first kappa shape index (κ1) is 15.6. The Bertz CT molecular complexity index is 1050. The first-order chi connectivity index (χ1) is 12.2. The lowest BCUT2D eigenvalue weighted by molar-refractivity contribution is 0.355. The maximum absolute atomic E-state index is 5.38. The molecule has 0 radical (unpaired) electrons. The van der Waals surface area contributed by atoms with Crippen LogP contribution < -0.4 is 9.47 Å². The predicted molar refractivity (Wildman–Crippen MR) is 97.4 cm³/mol. The van der Waals surface area contributed by atoms with E-state index >= 15 is 0 Å². The molecule has 25 heavy (non-hydrogen) atoms. The lowest BCUT2D eigenvalue weighted by Crippen LogP contribution is -1.93. The van der Waals surface area contributed by atoms with E-state index in [1.807, 2.05) is 36.4 Å². The second-order valence-electron chi connectivity index (χ2n) is 5.51. The normalized spacial score (nSPS) is 11.0. The fraction of sp³-hybridized carbons (Fsp3) is 0.167. The summed E-state index contributed by atoms with van der Waals surface area (Å²) in [6.07, 6.45) is 0. The van der Waals surface area contributed by atoms with E-state index in [1.165, 1.54) is 11.3 Å². The lowest BCUT2D eigenvalue weighted by atomic mass is 10.1. The number of ether oxygens (including phenoxy) is 2. The van der Waals surface area contributed by atoms with Gasteiger partial charge in [-0.15, -0.1) is 10.2 Å². The first-order valence-electron chi connectivity index (χ1n) is 7.72. The van der Waals surface area contributed by atoms with Crippen LogP contribution in [0, 0.1) is 6.92 Å². The van der Waals surface area contributed by atoms with Gasteiger partial charge in [0.2, 0.25) is 4.96 Å². The molecule has 0 saturated heterocycles. The number of hydrogen-bond acceptors (Lipinski definition) is 6. The van der Waals surface area contributed by atoms with E-state index < -0.39 is 0 Å². The highest BCUT2D eigenvalue weighted by molar-refractivity contribution is 7.19. The van der Waals surface area contributed by atoms with E-state index in [1.54, 1.807) is 18.7 Å². The second kappa shape index (κ2) is 6.18. The summed E-state index contributed by atoms with van der Waals surface area (Å²) in [6.45, 7) is 2.05. The molecule has 0 aliphatic heterocycles. The Labute approximate surface area is 148 Å². The topological polar surface area (TPSA) is 61.5 Å². The largest absolute Gasteiger partial charge is 0.493 e. The minimum Gasteiger partial charge on any atom is -0.493 e. The summed E-state index contributed by atoms with van der Waals surface area (Å²) in [4.78, 5) is 0.753. The third-order valence-corrected chi connectivity index (χ3v) is 4.96. The van der Waals surface area contributed by atoms with Crippen LogP contribution in [0.1, 0.15) is 5.56 Å². The third kappa shape index (κ3) is 2.62. The molecule has 0 atom stereocenters. The average molecular weight is 352 g/mol. The molecule has 0 saturated carbocycles. The van der Waals surface area contributed by atoms with Crippen molar-refractivity contribution in [2.75, 3.05) is 14.2 Å².